The highest BCUT2D eigenvalue weighted by atomic mass is 35.5. The first-order chi connectivity index (χ1) is 26.6. The van der Waals surface area contributed by atoms with Gasteiger partial charge in [0.2, 0.25) is 11.8 Å². The number of benzene rings is 2. The fourth-order valence-electron chi connectivity index (χ4n) is 8.85. The number of imidazole rings is 1. The molecule has 2 aromatic carbocycles. The van der Waals surface area contributed by atoms with Crippen molar-refractivity contribution in [2.75, 3.05) is 44.0 Å². The lowest BCUT2D eigenvalue weighted by atomic mass is 9.85. The third-order valence-corrected chi connectivity index (χ3v) is 12.0. The van der Waals surface area contributed by atoms with Crippen LogP contribution < -0.4 is 26.0 Å². The van der Waals surface area contributed by atoms with Gasteiger partial charge >= 0.3 is 5.69 Å². The third-order valence-electron chi connectivity index (χ3n) is 11.8. The van der Waals surface area contributed by atoms with Crippen molar-refractivity contribution in [1.29, 1.82) is 0 Å². The smallest absolute Gasteiger partial charge is 0.329 e. The van der Waals surface area contributed by atoms with E-state index in [4.69, 9.17) is 21.4 Å². The highest BCUT2D eigenvalue weighted by Crippen LogP contribution is 2.37. The number of piperidine rings is 2. The molecule has 288 valence electrons. The number of nitrogens with zero attached hydrogens (tertiary/aromatic N) is 7. The standard InChI is InChI=1S/C40H46ClN9O5/c1-46(28-13-15-48(16-14-28)32-5-4-6-33-37(32)47(2)40(54)50(33)34-11-12-36(51)44-39(34)53)22-24-7-9-29(10-8-24)49-23-26-18-31(35(55-3)19-30(26)45-49)43-38(52)25-17-27(41)21-42-20-25/h4-6,17-21,23-24,28-29,34H,7-16,22H2,1-3H3,(H,43,52)(H,44,51,53). The number of methoxy groups -OCH3 is 1. The zero-order chi connectivity index (χ0) is 38.4. The summed E-state index contributed by atoms with van der Waals surface area (Å²) in [5.41, 5.74) is 4.04. The molecule has 15 heteroatoms. The number of halogens is 1. The zero-order valence-electron chi connectivity index (χ0n) is 31.3. The van der Waals surface area contributed by atoms with Gasteiger partial charge in [0.05, 0.1) is 51.7 Å². The van der Waals surface area contributed by atoms with E-state index >= 15 is 0 Å². The lowest BCUT2D eigenvalue weighted by molar-refractivity contribution is -0.135. The second kappa shape index (κ2) is 15.1. The van der Waals surface area contributed by atoms with Crippen molar-refractivity contribution in [3.05, 3.63) is 76.1 Å². The quantitative estimate of drug-likeness (QED) is 0.191. The summed E-state index contributed by atoms with van der Waals surface area (Å²) < 4.78 is 10.9. The summed E-state index contributed by atoms with van der Waals surface area (Å²) >= 11 is 6.04. The molecule has 3 aromatic heterocycles. The van der Waals surface area contributed by atoms with Crippen molar-refractivity contribution in [2.24, 2.45) is 13.0 Å². The van der Waals surface area contributed by atoms with E-state index in [9.17, 15) is 19.2 Å². The molecule has 5 aromatic rings. The minimum atomic E-state index is -0.699. The number of aryl methyl sites for hydroxylation is 1. The molecular weight excluding hydrogens is 722 g/mol. The highest BCUT2D eigenvalue weighted by molar-refractivity contribution is 6.30. The van der Waals surface area contributed by atoms with E-state index in [-0.39, 0.29) is 23.9 Å². The van der Waals surface area contributed by atoms with Crippen LogP contribution in [0.25, 0.3) is 21.9 Å². The highest BCUT2D eigenvalue weighted by Gasteiger charge is 2.33. The van der Waals surface area contributed by atoms with E-state index in [0.717, 1.165) is 85.8 Å². The van der Waals surface area contributed by atoms with Gasteiger partial charge in [0.25, 0.3) is 5.91 Å². The molecular formula is C40H46ClN9O5. The number of hydrogen-bond acceptors (Lipinski definition) is 9. The van der Waals surface area contributed by atoms with Gasteiger partial charge in [0.15, 0.2) is 0 Å². The summed E-state index contributed by atoms with van der Waals surface area (Å²) in [4.78, 5) is 59.8. The first kappa shape index (κ1) is 36.8. The Balaban J connectivity index is 0.867. The molecule has 0 bridgehead atoms. The molecule has 2 aliphatic heterocycles. The van der Waals surface area contributed by atoms with Gasteiger partial charge in [-0.1, -0.05) is 17.7 Å². The van der Waals surface area contributed by atoms with Crippen LogP contribution in [0.4, 0.5) is 11.4 Å². The molecule has 2 N–H and O–H groups in total. The summed E-state index contributed by atoms with van der Waals surface area (Å²) in [6.07, 6.45) is 12.0. The Morgan fingerprint density at radius 2 is 1.82 bits per heavy atom. The number of nitrogens with one attached hydrogen (secondary N) is 2. The molecule has 3 aliphatic rings. The largest absolute Gasteiger partial charge is 0.494 e. The van der Waals surface area contributed by atoms with Gasteiger partial charge < -0.3 is 19.9 Å². The van der Waals surface area contributed by atoms with Crippen LogP contribution in [-0.4, -0.2) is 86.4 Å². The predicted octanol–water partition coefficient (Wildman–Crippen LogP) is 5.31. The van der Waals surface area contributed by atoms with Gasteiger partial charge in [-0.3, -0.25) is 38.5 Å². The normalized spacial score (nSPS) is 21.0. The number of ether oxygens (including phenoxy) is 1. The van der Waals surface area contributed by atoms with Crippen LogP contribution >= 0.6 is 11.6 Å². The number of anilines is 2. The summed E-state index contributed by atoms with van der Waals surface area (Å²) in [6.45, 7) is 2.80. The Hall–Kier alpha value is -5.21. The van der Waals surface area contributed by atoms with Crippen LogP contribution in [0, 0.1) is 5.92 Å². The molecule has 3 amide bonds. The number of pyridine rings is 1. The van der Waals surface area contributed by atoms with Crippen LogP contribution in [0.2, 0.25) is 5.02 Å². The summed E-state index contributed by atoms with van der Waals surface area (Å²) in [6, 6.07) is 11.3. The fraction of sp³-hybridized carbons (Fsp3) is 0.450. The van der Waals surface area contributed by atoms with E-state index in [1.165, 1.54) is 12.4 Å². The van der Waals surface area contributed by atoms with E-state index in [2.05, 4.69) is 49.4 Å². The zero-order valence-corrected chi connectivity index (χ0v) is 32.1. The number of fused-ring (bicyclic) bond motifs is 2. The maximum absolute atomic E-state index is 13.4. The van der Waals surface area contributed by atoms with Crippen LogP contribution in [0.3, 0.4) is 0 Å². The number of rotatable bonds is 9. The summed E-state index contributed by atoms with van der Waals surface area (Å²) in [5, 5.41) is 11.6. The fourth-order valence-corrected chi connectivity index (χ4v) is 9.03. The minimum Gasteiger partial charge on any atom is -0.494 e. The van der Waals surface area contributed by atoms with Crippen molar-refractivity contribution < 1.29 is 19.1 Å². The Morgan fingerprint density at radius 1 is 1.04 bits per heavy atom. The second-order valence-corrected chi connectivity index (χ2v) is 15.7. The molecule has 55 heavy (non-hydrogen) atoms. The molecule has 0 radical (unpaired) electrons. The average Bonchev–Trinajstić information content (AvgIpc) is 3.72. The van der Waals surface area contributed by atoms with E-state index < -0.39 is 11.9 Å². The monoisotopic (exact) mass is 767 g/mol. The van der Waals surface area contributed by atoms with Gasteiger partial charge in [-0.15, -0.1) is 0 Å². The predicted molar refractivity (Wildman–Crippen MR) is 211 cm³/mol. The number of amides is 3. The van der Waals surface area contributed by atoms with Crippen molar-refractivity contribution in [2.45, 2.75) is 69.5 Å². The van der Waals surface area contributed by atoms with Crippen molar-refractivity contribution in [3.63, 3.8) is 0 Å². The first-order valence-electron chi connectivity index (χ1n) is 19.1. The van der Waals surface area contributed by atoms with Crippen LogP contribution in [0.5, 0.6) is 5.75 Å². The number of para-hydroxylation sites is 1. The summed E-state index contributed by atoms with van der Waals surface area (Å²) in [5.74, 6) is 0.109. The van der Waals surface area contributed by atoms with Gasteiger partial charge in [0, 0.05) is 69.2 Å². The van der Waals surface area contributed by atoms with E-state index in [1.807, 2.05) is 24.3 Å². The number of carbonyl (C=O) groups is 3. The molecule has 8 rings (SSSR count). The Bertz CT molecular complexity index is 2330. The average molecular weight is 768 g/mol. The van der Waals surface area contributed by atoms with Gasteiger partial charge in [0.1, 0.15) is 11.8 Å². The Labute approximate surface area is 323 Å². The van der Waals surface area contributed by atoms with Crippen molar-refractivity contribution in [1.82, 2.24) is 34.1 Å². The van der Waals surface area contributed by atoms with Gasteiger partial charge in [-0.2, -0.15) is 5.10 Å². The van der Waals surface area contributed by atoms with E-state index in [0.29, 0.717) is 46.4 Å². The Kier molecular flexibility index (Phi) is 10.1. The van der Waals surface area contributed by atoms with Crippen LogP contribution in [0.15, 0.2) is 59.8 Å². The summed E-state index contributed by atoms with van der Waals surface area (Å²) in [7, 11) is 5.59. The number of carbonyl (C=O) groups excluding carboxylic acids is 3. The van der Waals surface area contributed by atoms with Crippen molar-refractivity contribution >= 4 is 62.6 Å². The van der Waals surface area contributed by atoms with Gasteiger partial charge in [-0.05, 0) is 82.2 Å². The lowest BCUT2D eigenvalue weighted by Crippen LogP contribution is -2.45. The van der Waals surface area contributed by atoms with Crippen LogP contribution in [-0.2, 0) is 16.6 Å². The van der Waals surface area contributed by atoms with Crippen molar-refractivity contribution in [3.8, 4) is 5.75 Å². The maximum Gasteiger partial charge on any atom is 0.329 e. The molecule has 0 spiro atoms. The van der Waals surface area contributed by atoms with Gasteiger partial charge in [-0.25, -0.2) is 4.79 Å². The lowest BCUT2D eigenvalue weighted by Gasteiger charge is -2.40. The third kappa shape index (κ3) is 7.20. The minimum absolute atomic E-state index is 0.217. The number of hydrogen-bond donors (Lipinski definition) is 2. The molecule has 1 unspecified atom stereocenters. The van der Waals surface area contributed by atoms with E-state index in [1.54, 1.807) is 29.4 Å². The molecule has 1 atom stereocenters. The maximum atomic E-state index is 13.4. The molecule has 14 nitrogen and oxygen atoms in total. The number of aromatic nitrogens is 5. The SMILES string of the molecule is COc1cc2nn(C3CCC(CN(C)C4CCN(c5cccc6c5n(C)c(=O)n6C5CCC(=O)NC5=O)CC4)CC3)cc2cc1NC(=O)c1cncc(Cl)c1. The molecule has 3 fully saturated rings. The topological polar surface area (TPSA) is 149 Å². The second-order valence-electron chi connectivity index (χ2n) is 15.2. The molecule has 2 saturated heterocycles. The van der Waals surface area contributed by atoms with Crippen LogP contribution in [0.1, 0.15) is 73.8 Å². The molecule has 1 saturated carbocycles. The molecule has 1 aliphatic carbocycles. The molecule has 5 heterocycles. The number of imide groups is 1. The Morgan fingerprint density at radius 3 is 2.55 bits per heavy atom. The first-order valence-corrected chi connectivity index (χ1v) is 19.4.